The van der Waals surface area contributed by atoms with E-state index in [1.165, 1.54) is 6.07 Å². The number of alkyl halides is 1. The van der Waals surface area contributed by atoms with Crippen LogP contribution in [0.1, 0.15) is 22.7 Å². The first-order valence-electron chi connectivity index (χ1n) is 3.49. The SMILES string of the molecule is O=C(O)c1cc(CCCBr)on1. The van der Waals surface area contributed by atoms with Gasteiger partial charge in [-0.3, -0.25) is 0 Å². The van der Waals surface area contributed by atoms with Gasteiger partial charge in [-0.25, -0.2) is 4.79 Å². The average molecular weight is 234 g/mol. The molecular weight excluding hydrogens is 226 g/mol. The van der Waals surface area contributed by atoms with Crippen molar-refractivity contribution < 1.29 is 14.4 Å². The number of aromatic nitrogens is 1. The molecule has 0 fully saturated rings. The fourth-order valence-corrected chi connectivity index (χ4v) is 1.05. The Bertz CT molecular complexity index is 271. The Morgan fingerprint density at radius 1 is 1.75 bits per heavy atom. The molecule has 66 valence electrons. The van der Waals surface area contributed by atoms with Crippen LogP contribution in [0, 0.1) is 0 Å². The number of aromatic carboxylic acids is 1. The maximum absolute atomic E-state index is 10.4. The number of aryl methyl sites for hydroxylation is 1. The minimum absolute atomic E-state index is 0.0282. The molecular formula is C7H8BrNO3. The maximum atomic E-state index is 10.4. The fraction of sp³-hybridized carbons (Fsp3) is 0.429. The first-order valence-corrected chi connectivity index (χ1v) is 4.61. The van der Waals surface area contributed by atoms with E-state index in [0.29, 0.717) is 12.2 Å². The van der Waals surface area contributed by atoms with Crippen LogP contribution in [0.3, 0.4) is 0 Å². The van der Waals surface area contributed by atoms with E-state index in [2.05, 4.69) is 21.1 Å². The molecule has 0 radical (unpaired) electrons. The van der Waals surface area contributed by atoms with Crippen molar-refractivity contribution >= 4 is 21.9 Å². The second kappa shape index (κ2) is 4.25. The second-order valence-corrected chi connectivity index (χ2v) is 3.07. The van der Waals surface area contributed by atoms with Crippen LogP contribution >= 0.6 is 15.9 Å². The molecule has 1 N–H and O–H groups in total. The largest absolute Gasteiger partial charge is 0.476 e. The summed E-state index contributed by atoms with van der Waals surface area (Å²) in [5.74, 6) is -0.435. The van der Waals surface area contributed by atoms with Crippen molar-refractivity contribution in [2.24, 2.45) is 0 Å². The molecule has 0 aliphatic heterocycles. The van der Waals surface area contributed by atoms with Crippen molar-refractivity contribution in [3.05, 3.63) is 17.5 Å². The standard InChI is InChI=1S/C7H8BrNO3/c8-3-1-2-5-4-6(7(10)11)9-12-5/h4H,1-3H2,(H,10,11). The second-order valence-electron chi connectivity index (χ2n) is 2.28. The van der Waals surface area contributed by atoms with Gasteiger partial charge in [0.05, 0.1) is 0 Å². The highest BCUT2D eigenvalue weighted by molar-refractivity contribution is 9.09. The van der Waals surface area contributed by atoms with Gasteiger partial charge < -0.3 is 9.63 Å². The summed E-state index contributed by atoms with van der Waals surface area (Å²) in [5, 5.41) is 12.7. The van der Waals surface area contributed by atoms with Gasteiger partial charge in [0.25, 0.3) is 0 Å². The summed E-state index contributed by atoms with van der Waals surface area (Å²) >= 11 is 3.26. The predicted octanol–water partition coefficient (Wildman–Crippen LogP) is 1.70. The lowest BCUT2D eigenvalue weighted by Crippen LogP contribution is -1.94. The number of hydrogen-bond acceptors (Lipinski definition) is 3. The Morgan fingerprint density at radius 3 is 3.00 bits per heavy atom. The van der Waals surface area contributed by atoms with Crippen LogP contribution < -0.4 is 0 Å². The Labute approximate surface area is 77.7 Å². The topological polar surface area (TPSA) is 63.3 Å². The van der Waals surface area contributed by atoms with Gasteiger partial charge in [-0.1, -0.05) is 21.1 Å². The van der Waals surface area contributed by atoms with Gasteiger partial charge in [0.15, 0.2) is 5.69 Å². The van der Waals surface area contributed by atoms with Crippen LogP contribution in [-0.4, -0.2) is 21.6 Å². The van der Waals surface area contributed by atoms with Crippen molar-refractivity contribution in [2.75, 3.05) is 5.33 Å². The molecule has 12 heavy (non-hydrogen) atoms. The van der Waals surface area contributed by atoms with Crippen molar-refractivity contribution in [3.8, 4) is 0 Å². The lowest BCUT2D eigenvalue weighted by Gasteiger charge is -1.87. The molecule has 1 rings (SSSR count). The highest BCUT2D eigenvalue weighted by atomic mass is 79.9. The molecule has 0 saturated heterocycles. The lowest BCUT2D eigenvalue weighted by atomic mass is 10.2. The maximum Gasteiger partial charge on any atom is 0.358 e. The zero-order chi connectivity index (χ0) is 8.97. The van der Waals surface area contributed by atoms with E-state index >= 15 is 0 Å². The summed E-state index contributed by atoms with van der Waals surface area (Å²) in [7, 11) is 0. The zero-order valence-corrected chi connectivity index (χ0v) is 7.87. The molecule has 0 unspecified atom stereocenters. The van der Waals surface area contributed by atoms with Gasteiger partial charge >= 0.3 is 5.97 Å². The smallest absolute Gasteiger partial charge is 0.358 e. The van der Waals surface area contributed by atoms with Gasteiger partial charge in [-0.15, -0.1) is 0 Å². The van der Waals surface area contributed by atoms with Gasteiger partial charge in [0, 0.05) is 17.8 Å². The molecule has 0 aliphatic rings. The summed E-state index contributed by atoms with van der Waals surface area (Å²) < 4.78 is 4.78. The van der Waals surface area contributed by atoms with Crippen LogP contribution in [0.25, 0.3) is 0 Å². The van der Waals surface area contributed by atoms with Gasteiger partial charge in [0.2, 0.25) is 0 Å². The summed E-state index contributed by atoms with van der Waals surface area (Å²) in [4.78, 5) is 10.4. The van der Waals surface area contributed by atoms with Crippen molar-refractivity contribution in [1.29, 1.82) is 0 Å². The molecule has 0 atom stereocenters. The highest BCUT2D eigenvalue weighted by Crippen LogP contribution is 2.06. The number of rotatable bonds is 4. The minimum atomic E-state index is -1.05. The molecule has 1 heterocycles. The number of nitrogens with zero attached hydrogens (tertiary/aromatic N) is 1. The third-order valence-electron chi connectivity index (χ3n) is 1.33. The van der Waals surface area contributed by atoms with Crippen LogP contribution in [-0.2, 0) is 6.42 Å². The number of hydrogen-bond donors (Lipinski definition) is 1. The van der Waals surface area contributed by atoms with Crippen molar-refractivity contribution in [3.63, 3.8) is 0 Å². The third kappa shape index (κ3) is 2.34. The monoisotopic (exact) mass is 233 g/mol. The Morgan fingerprint density at radius 2 is 2.50 bits per heavy atom. The quantitative estimate of drug-likeness (QED) is 0.805. The number of carbonyl (C=O) groups is 1. The molecule has 1 aromatic heterocycles. The normalized spacial score (nSPS) is 10.1. The first kappa shape index (κ1) is 9.25. The Kier molecular flexibility index (Phi) is 3.28. The van der Waals surface area contributed by atoms with E-state index < -0.39 is 5.97 Å². The van der Waals surface area contributed by atoms with Crippen LogP contribution in [0.15, 0.2) is 10.6 Å². The van der Waals surface area contributed by atoms with Crippen molar-refractivity contribution in [1.82, 2.24) is 5.16 Å². The third-order valence-corrected chi connectivity index (χ3v) is 1.90. The van der Waals surface area contributed by atoms with E-state index in [4.69, 9.17) is 9.63 Å². The van der Waals surface area contributed by atoms with Crippen LogP contribution in [0.2, 0.25) is 0 Å². The number of carboxylic acid groups (broad SMARTS) is 1. The van der Waals surface area contributed by atoms with Gasteiger partial charge in [0.1, 0.15) is 5.76 Å². The highest BCUT2D eigenvalue weighted by Gasteiger charge is 2.09. The molecule has 4 nitrogen and oxygen atoms in total. The van der Waals surface area contributed by atoms with E-state index in [9.17, 15) is 4.79 Å². The lowest BCUT2D eigenvalue weighted by molar-refractivity contribution is 0.0685. The van der Waals surface area contributed by atoms with E-state index in [-0.39, 0.29) is 5.69 Å². The van der Waals surface area contributed by atoms with Gasteiger partial charge in [-0.2, -0.15) is 0 Å². The van der Waals surface area contributed by atoms with Gasteiger partial charge in [-0.05, 0) is 6.42 Å². The van der Waals surface area contributed by atoms with Crippen LogP contribution in [0.4, 0.5) is 0 Å². The summed E-state index contributed by atoms with van der Waals surface area (Å²) in [6.45, 7) is 0. The Hall–Kier alpha value is -0.840. The molecule has 1 aromatic rings. The fourth-order valence-electron chi connectivity index (χ4n) is 0.773. The van der Waals surface area contributed by atoms with E-state index in [1.807, 2.05) is 0 Å². The average Bonchev–Trinajstić information content (AvgIpc) is 2.48. The molecule has 0 aliphatic carbocycles. The summed E-state index contributed by atoms with van der Waals surface area (Å²) in [6.07, 6.45) is 1.62. The summed E-state index contributed by atoms with van der Waals surface area (Å²) in [5.41, 5.74) is -0.0282. The van der Waals surface area contributed by atoms with Crippen LogP contribution in [0.5, 0.6) is 0 Å². The molecule has 0 bridgehead atoms. The first-order chi connectivity index (χ1) is 5.74. The Balaban J connectivity index is 2.58. The molecule has 0 saturated carbocycles. The van der Waals surface area contributed by atoms with E-state index in [1.54, 1.807) is 0 Å². The van der Waals surface area contributed by atoms with Crippen molar-refractivity contribution in [2.45, 2.75) is 12.8 Å². The molecule has 5 heteroatoms. The number of halogens is 1. The molecule has 0 spiro atoms. The number of carboxylic acids is 1. The zero-order valence-electron chi connectivity index (χ0n) is 6.29. The molecule has 0 amide bonds. The van der Waals surface area contributed by atoms with E-state index in [0.717, 1.165) is 11.8 Å². The summed E-state index contributed by atoms with van der Waals surface area (Å²) in [6, 6.07) is 1.45. The molecule has 0 aromatic carbocycles. The minimum Gasteiger partial charge on any atom is -0.476 e. The predicted molar refractivity (Wildman–Crippen MR) is 45.6 cm³/mol.